The van der Waals surface area contributed by atoms with Crippen LogP contribution in [-0.2, 0) is 17.3 Å². The van der Waals surface area contributed by atoms with Crippen LogP contribution in [0.5, 0.6) is 0 Å². The van der Waals surface area contributed by atoms with E-state index in [9.17, 15) is 18.0 Å². The fraction of sp³-hybridized carbons (Fsp3) is 0.611. The number of hydrogen-bond acceptors (Lipinski definition) is 2. The van der Waals surface area contributed by atoms with Gasteiger partial charge >= 0.3 is 12.3 Å². The second-order valence-electron chi connectivity index (χ2n) is 7.64. The normalized spacial score (nSPS) is 23.7. The zero-order valence-corrected chi connectivity index (χ0v) is 14.1. The van der Waals surface area contributed by atoms with E-state index < -0.39 is 17.3 Å². The van der Waals surface area contributed by atoms with Gasteiger partial charge in [-0.15, -0.1) is 0 Å². The molecule has 1 aromatic rings. The highest BCUT2D eigenvalue weighted by Crippen LogP contribution is 2.47. The maximum Gasteiger partial charge on any atom is 0.416 e. The maximum absolute atomic E-state index is 12.9. The minimum atomic E-state index is -4.34. The van der Waals surface area contributed by atoms with Crippen LogP contribution in [0.3, 0.4) is 0 Å². The molecule has 0 radical (unpaired) electrons. The van der Waals surface area contributed by atoms with Gasteiger partial charge in [0.05, 0.1) is 11.6 Å². The number of halogens is 3. The topological polar surface area (TPSA) is 29.5 Å². The first-order chi connectivity index (χ1) is 11.1. The smallest absolute Gasteiger partial charge is 0.416 e. The van der Waals surface area contributed by atoms with Gasteiger partial charge in [0.15, 0.2) is 0 Å². The van der Waals surface area contributed by atoms with Crippen LogP contribution in [0.25, 0.3) is 0 Å². The van der Waals surface area contributed by atoms with E-state index >= 15 is 0 Å². The van der Waals surface area contributed by atoms with Crippen molar-refractivity contribution in [1.29, 1.82) is 0 Å². The summed E-state index contributed by atoms with van der Waals surface area (Å²) in [5, 5.41) is 0. The van der Waals surface area contributed by atoms with Crippen LogP contribution in [0.1, 0.15) is 56.3 Å². The summed E-state index contributed by atoms with van der Waals surface area (Å²) >= 11 is 0. The van der Waals surface area contributed by atoms with Crippen LogP contribution in [0.2, 0.25) is 0 Å². The van der Waals surface area contributed by atoms with Crippen LogP contribution < -0.4 is 0 Å². The van der Waals surface area contributed by atoms with Crippen molar-refractivity contribution < 1.29 is 22.7 Å². The first-order valence-electron chi connectivity index (χ1n) is 8.26. The lowest BCUT2D eigenvalue weighted by Gasteiger charge is -2.38. The molecule has 0 bridgehead atoms. The second kappa shape index (κ2) is 5.67. The minimum absolute atomic E-state index is 0.171. The third-order valence-electron chi connectivity index (χ3n) is 4.66. The molecule has 3 rings (SSSR count). The highest BCUT2D eigenvalue weighted by atomic mass is 19.4. The predicted molar refractivity (Wildman–Crippen MR) is 83.6 cm³/mol. The highest BCUT2D eigenvalue weighted by Gasteiger charge is 2.43. The number of piperidine rings is 1. The molecule has 0 aromatic heterocycles. The van der Waals surface area contributed by atoms with Gasteiger partial charge in [0.1, 0.15) is 5.60 Å². The lowest BCUT2D eigenvalue weighted by atomic mass is 9.90. The van der Waals surface area contributed by atoms with E-state index in [4.69, 9.17) is 4.74 Å². The Morgan fingerprint density at radius 3 is 2.58 bits per heavy atom. The van der Waals surface area contributed by atoms with Crippen LogP contribution in [-0.4, -0.2) is 23.1 Å². The first-order valence-corrected chi connectivity index (χ1v) is 8.26. The Bertz CT molecular complexity index is 649. The number of ether oxygens (including phenoxy) is 1. The van der Waals surface area contributed by atoms with Crippen molar-refractivity contribution in [3.05, 3.63) is 34.9 Å². The number of alkyl halides is 3. The van der Waals surface area contributed by atoms with Crippen LogP contribution >= 0.6 is 0 Å². The first kappa shape index (κ1) is 17.1. The molecule has 1 fully saturated rings. The molecular weight excluding hydrogens is 319 g/mol. The molecule has 1 amide bonds. The van der Waals surface area contributed by atoms with Crippen molar-refractivity contribution >= 4 is 6.09 Å². The molecule has 1 unspecified atom stereocenters. The predicted octanol–water partition coefficient (Wildman–Crippen LogP) is 4.95. The molecule has 132 valence electrons. The van der Waals surface area contributed by atoms with Crippen molar-refractivity contribution in [3.8, 4) is 0 Å². The van der Waals surface area contributed by atoms with Gasteiger partial charge in [-0.3, -0.25) is 0 Å². The molecule has 2 atom stereocenters. The molecule has 0 spiro atoms. The second-order valence-corrected chi connectivity index (χ2v) is 7.64. The van der Waals surface area contributed by atoms with E-state index in [0.29, 0.717) is 18.5 Å². The van der Waals surface area contributed by atoms with Crippen molar-refractivity contribution in [2.45, 2.75) is 57.9 Å². The van der Waals surface area contributed by atoms with Crippen molar-refractivity contribution in [1.82, 2.24) is 4.90 Å². The molecule has 0 saturated carbocycles. The van der Waals surface area contributed by atoms with Gasteiger partial charge in [-0.05, 0) is 69.2 Å². The molecule has 3 nitrogen and oxygen atoms in total. The Balaban J connectivity index is 1.90. The molecule has 1 aromatic carbocycles. The summed E-state index contributed by atoms with van der Waals surface area (Å²) in [5.74, 6) is 0.171. The third kappa shape index (κ3) is 3.23. The van der Waals surface area contributed by atoms with Gasteiger partial charge in [0.25, 0.3) is 0 Å². The van der Waals surface area contributed by atoms with Crippen LogP contribution in [0.4, 0.5) is 18.0 Å². The Kier molecular flexibility index (Phi) is 4.04. The average molecular weight is 341 g/mol. The van der Waals surface area contributed by atoms with E-state index in [1.807, 2.05) is 20.8 Å². The maximum atomic E-state index is 12.9. The molecule has 1 heterocycles. The molecule has 2 aliphatic rings. The molecule has 1 aliphatic carbocycles. The Morgan fingerprint density at radius 2 is 1.96 bits per heavy atom. The van der Waals surface area contributed by atoms with Crippen molar-refractivity contribution in [3.63, 3.8) is 0 Å². The fourth-order valence-electron chi connectivity index (χ4n) is 3.77. The van der Waals surface area contributed by atoms with Gasteiger partial charge in [0, 0.05) is 6.54 Å². The zero-order chi connectivity index (χ0) is 17.7. The number of benzene rings is 1. The third-order valence-corrected chi connectivity index (χ3v) is 4.66. The largest absolute Gasteiger partial charge is 0.444 e. The molecule has 1 saturated heterocycles. The highest BCUT2D eigenvalue weighted by molar-refractivity contribution is 5.69. The quantitative estimate of drug-likeness (QED) is 0.668. The van der Waals surface area contributed by atoms with Crippen molar-refractivity contribution in [2.24, 2.45) is 5.92 Å². The Hall–Kier alpha value is -1.72. The summed E-state index contributed by atoms with van der Waals surface area (Å²) in [6, 6.07) is 3.71. The number of carbonyl (C=O) groups is 1. The van der Waals surface area contributed by atoms with Gasteiger partial charge < -0.3 is 9.64 Å². The standard InChI is InChI=1S/C18H22F3NO2/c1-17(2,3)24-16(23)22-8-4-5-11-9-12-10-13(18(19,20)21)6-7-14(12)15(11)22/h6-7,10-11,15H,4-5,8-9H2,1-3H3/t11?,15-/m1/s1. The zero-order valence-electron chi connectivity index (χ0n) is 14.1. The number of likely N-dealkylation sites (tertiary alicyclic amines) is 1. The van der Waals surface area contributed by atoms with E-state index in [0.717, 1.165) is 24.5 Å². The lowest BCUT2D eigenvalue weighted by molar-refractivity contribution is -0.137. The SMILES string of the molecule is CC(C)(C)OC(=O)N1CCCC2Cc3cc(C(F)(F)F)ccc3[C@@H]21. The summed E-state index contributed by atoms with van der Waals surface area (Å²) in [5.41, 5.74) is 0.323. The van der Waals surface area contributed by atoms with Gasteiger partial charge in [-0.1, -0.05) is 6.07 Å². The van der Waals surface area contributed by atoms with Crippen LogP contribution in [0.15, 0.2) is 18.2 Å². The van der Waals surface area contributed by atoms with E-state index in [1.165, 1.54) is 12.1 Å². The molecular formula is C18H22F3NO2. The average Bonchev–Trinajstić information content (AvgIpc) is 2.81. The Labute approximate surface area is 139 Å². The lowest BCUT2D eigenvalue weighted by Crippen LogP contribution is -2.43. The van der Waals surface area contributed by atoms with Gasteiger partial charge in [-0.2, -0.15) is 13.2 Å². The van der Waals surface area contributed by atoms with Crippen LogP contribution in [0, 0.1) is 5.92 Å². The monoisotopic (exact) mass is 341 g/mol. The number of fused-ring (bicyclic) bond motifs is 3. The minimum Gasteiger partial charge on any atom is -0.444 e. The molecule has 0 N–H and O–H groups in total. The van der Waals surface area contributed by atoms with Gasteiger partial charge in [-0.25, -0.2) is 4.79 Å². The summed E-state index contributed by atoms with van der Waals surface area (Å²) < 4.78 is 44.3. The molecule has 6 heteroatoms. The van der Waals surface area contributed by atoms with E-state index in [1.54, 1.807) is 4.90 Å². The van der Waals surface area contributed by atoms with E-state index in [2.05, 4.69) is 0 Å². The summed E-state index contributed by atoms with van der Waals surface area (Å²) in [6.45, 7) is 6.01. The summed E-state index contributed by atoms with van der Waals surface area (Å²) in [4.78, 5) is 14.2. The molecule has 24 heavy (non-hydrogen) atoms. The fourth-order valence-corrected chi connectivity index (χ4v) is 3.77. The number of carbonyl (C=O) groups excluding carboxylic acids is 1. The van der Waals surface area contributed by atoms with Gasteiger partial charge in [0.2, 0.25) is 0 Å². The number of nitrogens with zero attached hydrogens (tertiary/aromatic N) is 1. The summed E-state index contributed by atoms with van der Waals surface area (Å²) in [7, 11) is 0. The van der Waals surface area contributed by atoms with Crippen molar-refractivity contribution in [2.75, 3.05) is 6.54 Å². The summed E-state index contributed by atoms with van der Waals surface area (Å²) in [6.07, 6.45) is -2.37. The molecule has 1 aliphatic heterocycles. The number of rotatable bonds is 0. The number of hydrogen-bond donors (Lipinski definition) is 0. The number of amides is 1. The van der Waals surface area contributed by atoms with E-state index in [-0.39, 0.29) is 18.1 Å². The Morgan fingerprint density at radius 1 is 1.25 bits per heavy atom.